The van der Waals surface area contributed by atoms with Crippen molar-refractivity contribution in [2.45, 2.75) is 13.8 Å². The minimum atomic E-state index is -0.512. The zero-order chi connectivity index (χ0) is 19.4. The quantitative estimate of drug-likeness (QED) is 0.322. The highest BCUT2D eigenvalue weighted by Crippen LogP contribution is 2.30. The summed E-state index contributed by atoms with van der Waals surface area (Å²) in [5.41, 5.74) is 20.9. The Bertz CT molecular complexity index is 936. The number of nitrogens with zero attached hydrogens (tertiary/aromatic N) is 2. The summed E-state index contributed by atoms with van der Waals surface area (Å²) in [6.07, 6.45) is 0. The predicted octanol–water partition coefficient (Wildman–Crippen LogP) is 4.06. The Morgan fingerprint density at radius 2 is 1.73 bits per heavy atom. The molecule has 1 heterocycles. The molecule has 2 aromatic carbocycles. The molecule has 1 aromatic heterocycles. The molecule has 0 bridgehead atoms. The van der Waals surface area contributed by atoms with Gasteiger partial charge in [-0.1, -0.05) is 27.2 Å². The lowest BCUT2D eigenvalue weighted by atomic mass is 10.0. The summed E-state index contributed by atoms with van der Waals surface area (Å²) in [6, 6.07) is 9.97. The number of nitrogens with two attached hydrogens (primary N) is 3. The smallest absolute Gasteiger partial charge is 0.292 e. The molecule has 0 aliphatic carbocycles. The number of nitrogen functional groups attached to an aromatic ring is 3. The van der Waals surface area contributed by atoms with Crippen LogP contribution in [-0.4, -0.2) is 10.1 Å². The number of aromatic nitrogens is 1. The fourth-order valence-corrected chi connectivity index (χ4v) is 2.70. The molecule has 9 heteroatoms. The van der Waals surface area contributed by atoms with Crippen LogP contribution in [0, 0.1) is 24.0 Å². The number of hydrogen-bond donors (Lipinski definition) is 3. The van der Waals surface area contributed by atoms with Crippen LogP contribution in [0.1, 0.15) is 11.5 Å². The first kappa shape index (κ1) is 19.3. The molecular weight excluding hydrogens is 402 g/mol. The first-order chi connectivity index (χ1) is 12.2. The van der Waals surface area contributed by atoms with Crippen LogP contribution in [0.5, 0.6) is 0 Å². The van der Waals surface area contributed by atoms with Crippen LogP contribution >= 0.6 is 15.9 Å². The summed E-state index contributed by atoms with van der Waals surface area (Å²) in [6.45, 7) is 3.78. The van der Waals surface area contributed by atoms with Crippen molar-refractivity contribution in [3.63, 3.8) is 0 Å². The van der Waals surface area contributed by atoms with Gasteiger partial charge in [0.1, 0.15) is 11.4 Å². The molecule has 0 unspecified atom stereocenters. The van der Waals surface area contributed by atoms with Crippen molar-refractivity contribution in [3.8, 4) is 11.1 Å². The third kappa shape index (κ3) is 4.31. The number of anilines is 3. The number of hydrogen-bond acceptors (Lipinski definition) is 7. The van der Waals surface area contributed by atoms with Gasteiger partial charge in [-0.25, -0.2) is 0 Å². The van der Waals surface area contributed by atoms with E-state index in [0.29, 0.717) is 11.4 Å². The summed E-state index contributed by atoms with van der Waals surface area (Å²) in [5.74, 6) is 0.789. The zero-order valence-corrected chi connectivity index (χ0v) is 15.8. The molecule has 0 saturated heterocycles. The molecule has 0 spiro atoms. The van der Waals surface area contributed by atoms with Crippen molar-refractivity contribution < 1.29 is 9.45 Å². The molecule has 136 valence electrons. The van der Waals surface area contributed by atoms with Gasteiger partial charge in [0.15, 0.2) is 0 Å². The van der Waals surface area contributed by atoms with Crippen molar-refractivity contribution in [2.24, 2.45) is 0 Å². The molecule has 26 heavy (non-hydrogen) atoms. The van der Waals surface area contributed by atoms with E-state index in [-0.39, 0.29) is 11.4 Å². The van der Waals surface area contributed by atoms with Gasteiger partial charge in [-0.2, -0.15) is 0 Å². The van der Waals surface area contributed by atoms with E-state index in [1.807, 2.05) is 26.0 Å². The van der Waals surface area contributed by atoms with E-state index in [1.165, 1.54) is 12.1 Å². The second-order valence-electron chi connectivity index (χ2n) is 5.50. The van der Waals surface area contributed by atoms with Gasteiger partial charge >= 0.3 is 0 Å². The molecule has 6 N–H and O–H groups in total. The molecule has 3 aromatic rings. The topological polar surface area (TPSA) is 147 Å². The van der Waals surface area contributed by atoms with E-state index >= 15 is 0 Å². The lowest BCUT2D eigenvalue weighted by molar-refractivity contribution is -0.383. The Morgan fingerprint density at radius 3 is 2.23 bits per heavy atom. The highest BCUT2D eigenvalue weighted by molar-refractivity contribution is 9.10. The van der Waals surface area contributed by atoms with Crippen LogP contribution in [-0.2, 0) is 0 Å². The Kier molecular flexibility index (Phi) is 5.83. The van der Waals surface area contributed by atoms with E-state index in [2.05, 4.69) is 21.1 Å². The highest BCUT2D eigenvalue weighted by atomic mass is 79.9. The first-order valence-electron chi connectivity index (χ1n) is 7.48. The number of rotatable bonds is 2. The number of halogens is 1. The Morgan fingerprint density at radius 1 is 1.04 bits per heavy atom. The largest absolute Gasteiger partial charge is 0.397 e. The van der Waals surface area contributed by atoms with Gasteiger partial charge in [0.05, 0.1) is 22.0 Å². The second-order valence-corrected chi connectivity index (χ2v) is 6.42. The van der Waals surface area contributed by atoms with Crippen molar-refractivity contribution in [2.75, 3.05) is 17.2 Å². The van der Waals surface area contributed by atoms with Crippen LogP contribution in [0.2, 0.25) is 0 Å². The van der Waals surface area contributed by atoms with Crippen LogP contribution in [0.25, 0.3) is 11.1 Å². The summed E-state index contributed by atoms with van der Waals surface area (Å²) >= 11 is 3.14. The maximum Gasteiger partial charge on any atom is 0.292 e. The van der Waals surface area contributed by atoms with Gasteiger partial charge in [-0.15, -0.1) is 0 Å². The van der Waals surface area contributed by atoms with Gasteiger partial charge < -0.3 is 21.7 Å². The lowest BCUT2D eigenvalue weighted by Crippen LogP contribution is -1.94. The predicted molar refractivity (Wildman–Crippen MR) is 105 cm³/mol. The molecular formula is C17H18BrN5O3. The minimum absolute atomic E-state index is 0.0619. The number of aryl methyl sites for hydroxylation is 2. The van der Waals surface area contributed by atoms with E-state index in [4.69, 9.17) is 21.7 Å². The van der Waals surface area contributed by atoms with E-state index < -0.39 is 4.92 Å². The molecule has 0 atom stereocenters. The Labute approximate surface area is 158 Å². The van der Waals surface area contributed by atoms with Crippen molar-refractivity contribution in [1.82, 2.24) is 5.16 Å². The van der Waals surface area contributed by atoms with Crippen molar-refractivity contribution in [3.05, 3.63) is 62.4 Å². The maximum absolute atomic E-state index is 10.2. The Balaban J connectivity index is 0.000000197. The van der Waals surface area contributed by atoms with Crippen LogP contribution in [0.3, 0.4) is 0 Å². The average molecular weight is 420 g/mol. The SMILES string of the molecule is Cc1noc(C)c1-c1ccc(N)c(N)c1.Nc1cc(Br)ccc1[N+](=O)[O-]. The molecule has 3 rings (SSSR count). The molecule has 0 amide bonds. The van der Waals surface area contributed by atoms with E-state index in [0.717, 1.165) is 27.1 Å². The van der Waals surface area contributed by atoms with Gasteiger partial charge in [0.2, 0.25) is 0 Å². The number of nitro benzene ring substituents is 1. The van der Waals surface area contributed by atoms with Gasteiger partial charge in [0, 0.05) is 16.1 Å². The third-order valence-electron chi connectivity index (χ3n) is 3.60. The fraction of sp³-hybridized carbons (Fsp3) is 0.118. The second kappa shape index (κ2) is 7.87. The molecule has 0 fully saturated rings. The van der Waals surface area contributed by atoms with Crippen LogP contribution in [0.4, 0.5) is 22.7 Å². The van der Waals surface area contributed by atoms with E-state index in [1.54, 1.807) is 12.1 Å². The fourth-order valence-electron chi connectivity index (χ4n) is 2.32. The average Bonchev–Trinajstić information content (AvgIpc) is 2.89. The van der Waals surface area contributed by atoms with Gasteiger partial charge in [-0.05, 0) is 43.7 Å². The zero-order valence-electron chi connectivity index (χ0n) is 14.2. The van der Waals surface area contributed by atoms with Gasteiger partial charge in [-0.3, -0.25) is 10.1 Å². The molecule has 0 aliphatic rings. The monoisotopic (exact) mass is 419 g/mol. The minimum Gasteiger partial charge on any atom is -0.397 e. The number of benzene rings is 2. The third-order valence-corrected chi connectivity index (χ3v) is 4.09. The summed E-state index contributed by atoms with van der Waals surface area (Å²) in [7, 11) is 0. The first-order valence-corrected chi connectivity index (χ1v) is 8.27. The molecule has 0 saturated carbocycles. The number of nitro groups is 1. The summed E-state index contributed by atoms with van der Waals surface area (Å²) in [5, 5.41) is 14.1. The van der Waals surface area contributed by atoms with E-state index in [9.17, 15) is 10.1 Å². The molecule has 8 nitrogen and oxygen atoms in total. The summed E-state index contributed by atoms with van der Waals surface area (Å²) < 4.78 is 5.83. The van der Waals surface area contributed by atoms with Crippen molar-refractivity contribution in [1.29, 1.82) is 0 Å². The summed E-state index contributed by atoms with van der Waals surface area (Å²) in [4.78, 5) is 9.73. The Hall–Kier alpha value is -3.07. The normalized spacial score (nSPS) is 10.1. The van der Waals surface area contributed by atoms with Crippen LogP contribution < -0.4 is 17.2 Å². The van der Waals surface area contributed by atoms with Crippen molar-refractivity contribution >= 4 is 38.7 Å². The standard InChI is InChI=1S/C11H13N3O.C6H5BrN2O2/c1-6-11(7(2)15-14-6)8-3-4-9(12)10(13)5-8;7-4-1-2-6(9(10)11)5(8)3-4/h3-5H,12-13H2,1-2H3;1-3H,8H2. The molecule has 0 aliphatic heterocycles. The molecule has 0 radical (unpaired) electrons. The van der Waals surface area contributed by atoms with Crippen LogP contribution in [0.15, 0.2) is 45.4 Å². The van der Waals surface area contributed by atoms with Gasteiger partial charge in [0.25, 0.3) is 5.69 Å². The lowest BCUT2D eigenvalue weighted by Gasteiger charge is -2.04. The maximum atomic E-state index is 10.2. The highest BCUT2D eigenvalue weighted by Gasteiger charge is 2.12.